The Labute approximate surface area is 146 Å². The summed E-state index contributed by atoms with van der Waals surface area (Å²) in [6, 6.07) is 0. The lowest BCUT2D eigenvalue weighted by Crippen LogP contribution is -2.65. The first-order valence-corrected chi connectivity index (χ1v) is 10.7. The fourth-order valence-corrected chi connectivity index (χ4v) is 12.5. The summed E-state index contributed by atoms with van der Waals surface area (Å²) in [4.78, 5) is 13.6. The highest BCUT2D eigenvalue weighted by Crippen LogP contribution is 3.00. The third-order valence-corrected chi connectivity index (χ3v) is 11.7. The molecule has 10 fully saturated rings. The van der Waals surface area contributed by atoms with Crippen molar-refractivity contribution in [3.8, 4) is 0 Å². The van der Waals surface area contributed by atoms with Gasteiger partial charge in [0.15, 0.2) is 0 Å². The van der Waals surface area contributed by atoms with Gasteiger partial charge >= 0.3 is 5.97 Å². The molecule has 4 heteroatoms. The molecule has 10 aliphatic rings. The predicted molar refractivity (Wildman–Crippen MR) is 83.8 cm³/mol. The third-order valence-electron chi connectivity index (χ3n) is 11.7. The lowest BCUT2D eigenvalue weighted by molar-refractivity contribution is -0.280. The van der Waals surface area contributed by atoms with Crippen LogP contribution >= 0.6 is 0 Å². The largest absolute Gasteiger partial charge is 0.435 e. The Balaban J connectivity index is 1.38. The maximum absolute atomic E-state index is 13.6. The molecule has 2 spiro atoms. The maximum atomic E-state index is 13.6. The van der Waals surface area contributed by atoms with Gasteiger partial charge in [-0.2, -0.15) is 0 Å². The van der Waals surface area contributed by atoms with Gasteiger partial charge in [-0.25, -0.2) is 0 Å². The van der Waals surface area contributed by atoms with Gasteiger partial charge in [0.2, 0.25) is 6.29 Å². The molecule has 8 saturated carbocycles. The molecule has 0 aromatic heterocycles. The van der Waals surface area contributed by atoms with Crippen LogP contribution in [0.15, 0.2) is 0 Å². The zero-order chi connectivity index (χ0) is 16.0. The molecular formula is C21H24O4. The molecule has 132 valence electrons. The van der Waals surface area contributed by atoms with Crippen LogP contribution in [0.4, 0.5) is 0 Å². The van der Waals surface area contributed by atoms with Crippen LogP contribution in [0.25, 0.3) is 0 Å². The van der Waals surface area contributed by atoms with E-state index in [9.17, 15) is 4.79 Å². The van der Waals surface area contributed by atoms with Crippen molar-refractivity contribution < 1.29 is 19.0 Å². The Morgan fingerprint density at radius 1 is 0.920 bits per heavy atom. The van der Waals surface area contributed by atoms with Crippen LogP contribution in [0.1, 0.15) is 25.7 Å². The van der Waals surface area contributed by atoms with E-state index in [0.717, 1.165) is 35.5 Å². The minimum atomic E-state index is -0.194. The molecule has 0 aromatic carbocycles. The first-order valence-electron chi connectivity index (χ1n) is 10.7. The van der Waals surface area contributed by atoms with E-state index in [2.05, 4.69) is 0 Å². The van der Waals surface area contributed by atoms with E-state index in [-0.39, 0.29) is 23.1 Å². The van der Waals surface area contributed by atoms with Crippen LogP contribution in [0, 0.1) is 70.0 Å². The first-order chi connectivity index (χ1) is 12.3. The highest BCUT2D eigenvalue weighted by molar-refractivity contribution is 5.86. The van der Waals surface area contributed by atoms with Crippen molar-refractivity contribution in [3.05, 3.63) is 0 Å². The van der Waals surface area contributed by atoms with Crippen LogP contribution in [-0.4, -0.2) is 31.6 Å². The topological polar surface area (TPSA) is 44.8 Å². The average Bonchev–Trinajstić information content (AvgIpc) is 3.37. The van der Waals surface area contributed by atoms with Gasteiger partial charge < -0.3 is 14.2 Å². The molecule has 0 unspecified atom stereocenters. The number of esters is 1. The van der Waals surface area contributed by atoms with E-state index < -0.39 is 0 Å². The fourth-order valence-electron chi connectivity index (χ4n) is 12.5. The Kier molecular flexibility index (Phi) is 1.64. The Morgan fingerprint density at radius 3 is 2.60 bits per heavy atom. The molecule has 0 amide bonds. The van der Waals surface area contributed by atoms with E-state index in [0.29, 0.717) is 35.9 Å². The van der Waals surface area contributed by atoms with Crippen molar-refractivity contribution in [3.63, 3.8) is 0 Å². The van der Waals surface area contributed by atoms with Crippen LogP contribution in [-0.2, 0) is 19.0 Å². The van der Waals surface area contributed by atoms with E-state index in [4.69, 9.17) is 14.2 Å². The zero-order valence-corrected chi connectivity index (χ0v) is 14.5. The normalized spacial score (nSPS) is 79.1. The lowest BCUT2D eigenvalue weighted by Gasteiger charge is -2.59. The van der Waals surface area contributed by atoms with Gasteiger partial charge in [-0.05, 0) is 84.9 Å². The monoisotopic (exact) mass is 340 g/mol. The van der Waals surface area contributed by atoms with Gasteiger partial charge in [-0.3, -0.25) is 4.79 Å². The summed E-state index contributed by atoms with van der Waals surface area (Å²) < 4.78 is 18.7. The van der Waals surface area contributed by atoms with Crippen LogP contribution in [0.2, 0.25) is 0 Å². The number of hydrogen-bond donors (Lipinski definition) is 0. The molecule has 2 heterocycles. The van der Waals surface area contributed by atoms with Crippen molar-refractivity contribution >= 4 is 5.97 Å². The summed E-state index contributed by atoms with van der Waals surface area (Å²) in [5.74, 6) is 7.36. The van der Waals surface area contributed by atoms with Crippen molar-refractivity contribution in [2.24, 2.45) is 70.0 Å². The second kappa shape index (κ2) is 3.22. The van der Waals surface area contributed by atoms with E-state index in [1.165, 1.54) is 25.7 Å². The molecule has 10 rings (SSSR count). The molecule has 25 heavy (non-hydrogen) atoms. The summed E-state index contributed by atoms with van der Waals surface area (Å²) in [6.07, 6.45) is 5.61. The number of ether oxygens (including phenoxy) is 3. The Morgan fingerprint density at radius 2 is 1.72 bits per heavy atom. The van der Waals surface area contributed by atoms with Gasteiger partial charge in [0.25, 0.3) is 0 Å². The summed E-state index contributed by atoms with van der Waals surface area (Å²) in [7, 11) is 1.89. The van der Waals surface area contributed by atoms with Gasteiger partial charge in [0, 0.05) is 7.11 Å². The van der Waals surface area contributed by atoms with Crippen LogP contribution in [0.5, 0.6) is 0 Å². The smallest absolute Gasteiger partial charge is 0.315 e. The van der Waals surface area contributed by atoms with Crippen molar-refractivity contribution in [1.82, 2.24) is 0 Å². The number of carbonyl (C=O) groups is 1. The van der Waals surface area contributed by atoms with Crippen molar-refractivity contribution in [1.29, 1.82) is 0 Å². The van der Waals surface area contributed by atoms with Gasteiger partial charge in [0.1, 0.15) is 0 Å². The minimum absolute atomic E-state index is 0.0839. The van der Waals surface area contributed by atoms with E-state index >= 15 is 0 Å². The van der Waals surface area contributed by atoms with Crippen molar-refractivity contribution in [2.45, 2.75) is 44.2 Å². The van der Waals surface area contributed by atoms with E-state index in [1.807, 2.05) is 7.11 Å². The van der Waals surface area contributed by atoms with Crippen LogP contribution in [0.3, 0.4) is 0 Å². The highest BCUT2D eigenvalue weighted by atomic mass is 16.7. The van der Waals surface area contributed by atoms with Crippen LogP contribution < -0.4 is 0 Å². The summed E-state index contributed by atoms with van der Waals surface area (Å²) in [6.45, 7) is 0. The van der Waals surface area contributed by atoms with E-state index in [1.54, 1.807) is 0 Å². The highest BCUT2D eigenvalue weighted by Gasteiger charge is 3.04. The number of hydrogen-bond acceptors (Lipinski definition) is 4. The lowest BCUT2D eigenvalue weighted by atomic mass is 9.43. The number of methoxy groups -OCH3 is 1. The van der Waals surface area contributed by atoms with Gasteiger partial charge in [-0.15, -0.1) is 0 Å². The quantitative estimate of drug-likeness (QED) is 0.686. The van der Waals surface area contributed by atoms with Crippen molar-refractivity contribution in [2.75, 3.05) is 7.11 Å². The number of fused-ring (bicyclic) bond motifs is 1. The molecule has 8 aliphatic carbocycles. The minimum Gasteiger partial charge on any atom is -0.435 e. The molecule has 2 saturated heterocycles. The first kappa shape index (κ1) is 12.7. The molecule has 0 N–H and O–H groups in total. The Hall–Kier alpha value is -0.610. The molecule has 4 nitrogen and oxygen atoms in total. The predicted octanol–water partition coefficient (Wildman–Crippen LogP) is 2.07. The molecule has 0 aromatic rings. The second-order valence-corrected chi connectivity index (χ2v) is 10.9. The van der Waals surface area contributed by atoms with Gasteiger partial charge in [0.05, 0.1) is 23.0 Å². The summed E-state index contributed by atoms with van der Waals surface area (Å²) >= 11 is 0. The third kappa shape index (κ3) is 0.790. The SMILES string of the molecule is CO[C@@H]1CC[C@@H]2[C@@H]1[C@H]1[C@H]3[C@H]4[C@H]5[C@@H]6CC[C@@H]7O[C@H]8OC(=O)[C@@]15[C@]8([C@H]4[C@H]67)[C@@H]23. The molecule has 15 atom stereocenters. The molecule has 2 aliphatic heterocycles. The van der Waals surface area contributed by atoms with Gasteiger partial charge in [-0.1, -0.05) is 0 Å². The molecule has 8 bridgehead atoms. The average molecular weight is 340 g/mol. The fraction of sp³-hybridized carbons (Fsp3) is 0.952. The number of carbonyl (C=O) groups excluding carboxylic acids is 1. The molecule has 0 radical (unpaired) electrons. The molecular weight excluding hydrogens is 316 g/mol. The zero-order valence-electron chi connectivity index (χ0n) is 14.5. The maximum Gasteiger partial charge on any atom is 0.315 e. The Bertz CT molecular complexity index is 780. The second-order valence-electron chi connectivity index (χ2n) is 10.9. The summed E-state index contributed by atoms with van der Waals surface area (Å²) in [5.41, 5.74) is -0.0817. The summed E-state index contributed by atoms with van der Waals surface area (Å²) in [5, 5.41) is 0. The standard InChI is InChI=1S/C21H24O4/c1-23-8-4-2-6-10(8)16-13-12-14-7-3-5-9-11(7)17(12)21(15(6)13)19(24-9)25-18(22)20(14,16)21/h6-17,19H,2-5H2,1H3/t6-,7-,8-,9+,10+,11-,12+,13+,14-,15+,16+,17+,19+,20+,21+/m1/s1. The number of rotatable bonds is 1.